The second-order valence-corrected chi connectivity index (χ2v) is 12.0. The Morgan fingerprint density at radius 1 is 1.23 bits per heavy atom. The van der Waals surface area contributed by atoms with E-state index in [1.165, 1.54) is 0 Å². The Hall–Kier alpha value is -2.43. The Bertz CT molecular complexity index is 1130. The van der Waals surface area contributed by atoms with Crippen molar-refractivity contribution in [1.82, 2.24) is 14.7 Å². The lowest BCUT2D eigenvalue weighted by atomic mass is 9.84. The average Bonchev–Trinajstić information content (AvgIpc) is 2.78. The van der Waals surface area contributed by atoms with Crippen molar-refractivity contribution in [2.45, 2.75) is 52.0 Å². The van der Waals surface area contributed by atoms with Gasteiger partial charge in [-0.15, -0.1) is 0 Å². The summed E-state index contributed by atoms with van der Waals surface area (Å²) in [5.41, 5.74) is 0.0834. The molecular weight excluding hydrogens is 490 g/mol. The third-order valence-electron chi connectivity index (χ3n) is 5.89. The van der Waals surface area contributed by atoms with Crippen molar-refractivity contribution in [1.29, 1.82) is 0 Å². The summed E-state index contributed by atoms with van der Waals surface area (Å²) in [5, 5.41) is 3.86. The first kappa shape index (κ1) is 27.2. The first-order valence-corrected chi connectivity index (χ1v) is 13.9. The van der Waals surface area contributed by atoms with Crippen LogP contribution in [0.3, 0.4) is 0 Å². The van der Waals surface area contributed by atoms with Crippen LogP contribution in [0.4, 0.5) is 17.3 Å². The fourth-order valence-corrected chi connectivity index (χ4v) is 4.64. The smallest absolute Gasteiger partial charge is 0.243 e. The van der Waals surface area contributed by atoms with Gasteiger partial charge in [-0.1, -0.05) is 25.4 Å². The van der Waals surface area contributed by atoms with E-state index in [1.807, 2.05) is 6.07 Å². The number of nitrogens with zero attached hydrogens (tertiary/aromatic N) is 3. The lowest BCUT2D eigenvalue weighted by molar-refractivity contribution is -0.123. The average molecular weight is 524 g/mol. The fraction of sp³-hybridized carbons (Fsp3) is 0.542. The van der Waals surface area contributed by atoms with E-state index < -0.39 is 21.3 Å². The van der Waals surface area contributed by atoms with E-state index in [1.54, 1.807) is 38.4 Å². The Balaban J connectivity index is 2.07. The maximum Gasteiger partial charge on any atom is 0.243 e. The topological polar surface area (TPSA) is 114 Å². The molecule has 0 spiro atoms. The van der Waals surface area contributed by atoms with Crippen LogP contribution >= 0.6 is 11.6 Å². The number of nitrogens with one attached hydrogen (secondary N) is 2. The third kappa shape index (κ3) is 7.28. The summed E-state index contributed by atoms with van der Waals surface area (Å²) in [4.78, 5) is 24.3. The zero-order valence-electron chi connectivity index (χ0n) is 20.8. The molecule has 1 fully saturated rings. The lowest BCUT2D eigenvalue weighted by Crippen LogP contribution is -2.43. The second kappa shape index (κ2) is 11.1. The van der Waals surface area contributed by atoms with E-state index in [0.717, 1.165) is 31.5 Å². The highest BCUT2D eigenvalue weighted by Gasteiger charge is 2.34. The zero-order chi connectivity index (χ0) is 25.8. The van der Waals surface area contributed by atoms with Crippen LogP contribution in [-0.4, -0.2) is 56.3 Å². The molecule has 2 aromatic heterocycles. The van der Waals surface area contributed by atoms with Gasteiger partial charge in [-0.05, 0) is 56.4 Å². The number of hydrogen-bond donors (Lipinski definition) is 2. The summed E-state index contributed by atoms with van der Waals surface area (Å²) >= 11 is 6.01. The van der Waals surface area contributed by atoms with Crippen LogP contribution in [-0.2, 0) is 25.0 Å². The van der Waals surface area contributed by atoms with Crippen LogP contribution in [0.15, 0.2) is 30.6 Å². The molecule has 192 valence electrons. The molecule has 0 unspecified atom stereocenters. The number of pyridine rings is 2. The third-order valence-corrected chi connectivity index (χ3v) is 6.67. The summed E-state index contributed by atoms with van der Waals surface area (Å²) in [5.74, 6) is 1.07. The van der Waals surface area contributed by atoms with Gasteiger partial charge in [-0.2, -0.15) is 0 Å². The van der Waals surface area contributed by atoms with Gasteiger partial charge in [0.25, 0.3) is 0 Å². The molecule has 1 amide bonds. The molecule has 11 heteroatoms. The summed E-state index contributed by atoms with van der Waals surface area (Å²) in [6.07, 6.45) is 5.92. The summed E-state index contributed by atoms with van der Waals surface area (Å²) in [6.45, 7) is 9.82. The number of anilines is 3. The summed E-state index contributed by atoms with van der Waals surface area (Å²) < 4.78 is 31.0. The zero-order valence-corrected chi connectivity index (χ0v) is 22.4. The molecule has 35 heavy (non-hydrogen) atoms. The first-order valence-electron chi connectivity index (χ1n) is 11.6. The van der Waals surface area contributed by atoms with Crippen molar-refractivity contribution in [3.8, 4) is 0 Å². The lowest BCUT2D eigenvalue weighted by Gasteiger charge is -2.37. The number of aromatic nitrogens is 2. The van der Waals surface area contributed by atoms with Gasteiger partial charge in [0.05, 0.1) is 22.4 Å². The van der Waals surface area contributed by atoms with Gasteiger partial charge in [0, 0.05) is 38.2 Å². The van der Waals surface area contributed by atoms with Gasteiger partial charge >= 0.3 is 0 Å². The van der Waals surface area contributed by atoms with E-state index in [-0.39, 0.29) is 6.04 Å². The monoisotopic (exact) mass is 523 g/mol. The summed E-state index contributed by atoms with van der Waals surface area (Å²) in [7, 11) is -3.71. The molecular formula is C24H34ClN5O4S. The quantitative estimate of drug-likeness (QED) is 0.509. The van der Waals surface area contributed by atoms with E-state index in [0.29, 0.717) is 41.2 Å². The number of hydrogen-bond acceptors (Lipinski definition) is 8. The van der Waals surface area contributed by atoms with E-state index >= 15 is 0 Å². The summed E-state index contributed by atoms with van der Waals surface area (Å²) in [6, 6.07) is 5.60. The van der Waals surface area contributed by atoms with Gasteiger partial charge in [-0.25, -0.2) is 18.4 Å². The predicted octanol–water partition coefficient (Wildman–Crippen LogP) is 3.87. The van der Waals surface area contributed by atoms with Gasteiger partial charge in [0.15, 0.2) is 5.82 Å². The number of ether oxygens (including phenoxy) is 1. The number of amides is 1. The highest BCUT2D eigenvalue weighted by Crippen LogP contribution is 2.35. The highest BCUT2D eigenvalue weighted by molar-refractivity contribution is 7.89. The molecule has 2 aromatic rings. The molecule has 0 bridgehead atoms. The number of carbonyl (C=O) groups is 1. The molecule has 1 aliphatic rings. The van der Waals surface area contributed by atoms with Crippen LogP contribution in [0.2, 0.25) is 5.02 Å². The Labute approximate surface area is 212 Å². The fourth-order valence-electron chi connectivity index (χ4n) is 3.93. The minimum atomic E-state index is -3.71. The minimum absolute atomic E-state index is 0.254. The van der Waals surface area contributed by atoms with Gasteiger partial charge in [-0.3, -0.25) is 9.52 Å². The van der Waals surface area contributed by atoms with Crippen molar-refractivity contribution < 1.29 is 17.9 Å². The molecule has 1 aliphatic heterocycles. The molecule has 0 radical (unpaired) electrons. The molecule has 2 N–H and O–H groups in total. The number of sulfonamides is 1. The van der Waals surface area contributed by atoms with Crippen molar-refractivity contribution in [2.24, 2.45) is 5.92 Å². The van der Waals surface area contributed by atoms with Crippen LogP contribution in [0.25, 0.3) is 0 Å². The molecule has 3 rings (SSSR count). The Morgan fingerprint density at radius 3 is 2.49 bits per heavy atom. The molecule has 0 saturated carbocycles. The van der Waals surface area contributed by atoms with Crippen molar-refractivity contribution >= 4 is 44.9 Å². The number of carbonyl (C=O) groups excluding carboxylic acids is 1. The van der Waals surface area contributed by atoms with Crippen LogP contribution in [0.1, 0.15) is 46.1 Å². The molecule has 3 heterocycles. The van der Waals surface area contributed by atoms with Crippen LogP contribution < -0.4 is 14.9 Å². The maximum absolute atomic E-state index is 12.8. The molecule has 9 nitrogen and oxygen atoms in total. The molecule has 0 atom stereocenters. The second-order valence-electron chi connectivity index (χ2n) is 9.80. The molecule has 0 aromatic carbocycles. The Kier molecular flexibility index (Phi) is 8.61. The first-order chi connectivity index (χ1) is 16.4. The van der Waals surface area contributed by atoms with E-state index in [2.05, 4.69) is 33.8 Å². The van der Waals surface area contributed by atoms with Crippen molar-refractivity contribution in [3.63, 3.8) is 0 Å². The normalized spacial score (nSPS) is 15.2. The molecule has 1 saturated heterocycles. The van der Waals surface area contributed by atoms with Gasteiger partial charge < -0.3 is 15.0 Å². The van der Waals surface area contributed by atoms with Crippen LogP contribution in [0, 0.1) is 5.92 Å². The largest absolute Gasteiger partial charge is 0.381 e. The van der Waals surface area contributed by atoms with E-state index in [4.69, 9.17) is 21.3 Å². The SMILES string of the molecule is CC(C)CN(c1ncc(C(C)(C)C(=O)NS(C)(=O)=O)cc1Nc1ccc(Cl)cn1)C1CCOCC1. The minimum Gasteiger partial charge on any atom is -0.381 e. The highest BCUT2D eigenvalue weighted by atomic mass is 35.5. The van der Waals surface area contributed by atoms with Gasteiger partial charge in [0.2, 0.25) is 15.9 Å². The van der Waals surface area contributed by atoms with Gasteiger partial charge in [0.1, 0.15) is 5.82 Å². The molecule has 0 aliphatic carbocycles. The number of rotatable bonds is 9. The maximum atomic E-state index is 12.8. The van der Waals surface area contributed by atoms with Crippen LogP contribution in [0.5, 0.6) is 0 Å². The predicted molar refractivity (Wildman–Crippen MR) is 139 cm³/mol. The van der Waals surface area contributed by atoms with E-state index in [9.17, 15) is 13.2 Å². The standard InChI is InChI=1S/C24H34ClN5O4S/c1-16(2)15-30(19-8-10-34-11-9-19)22-20(28-21-7-6-18(25)14-26-21)12-17(13-27-22)24(3,4)23(31)29-35(5,32)33/h6-7,12-14,16,19H,8-11,15H2,1-5H3,(H,26,28)(H,29,31). The van der Waals surface area contributed by atoms with Crippen molar-refractivity contribution in [2.75, 3.05) is 36.2 Å². The van der Waals surface area contributed by atoms with Crippen molar-refractivity contribution in [3.05, 3.63) is 41.2 Å². The Morgan fingerprint density at radius 2 is 1.91 bits per heavy atom. The number of halogens is 1.